The fourth-order valence-electron chi connectivity index (χ4n) is 2.39. The molecule has 0 saturated heterocycles. The molecule has 0 aliphatic carbocycles. The average Bonchev–Trinajstić information content (AvgIpc) is 3.00. The lowest BCUT2D eigenvalue weighted by Gasteiger charge is -2.14. The Morgan fingerprint density at radius 3 is 2.87 bits per heavy atom. The Kier molecular flexibility index (Phi) is 4.01. The van der Waals surface area contributed by atoms with E-state index < -0.39 is 11.8 Å². The summed E-state index contributed by atoms with van der Waals surface area (Å²) >= 11 is 1.53. The highest BCUT2D eigenvalue weighted by Gasteiger charge is 2.31. The van der Waals surface area contributed by atoms with Crippen molar-refractivity contribution in [3.8, 4) is 5.75 Å². The number of β-amino-alcohol motifs (C(OH)–C–C–N with tert-alkyl or cyclic N) is 1. The van der Waals surface area contributed by atoms with Crippen molar-refractivity contribution in [3.63, 3.8) is 0 Å². The van der Waals surface area contributed by atoms with Gasteiger partial charge in [-0.1, -0.05) is 0 Å². The van der Waals surface area contributed by atoms with Crippen LogP contribution in [0.25, 0.3) is 10.2 Å². The minimum absolute atomic E-state index is 0.0243. The Hall–Kier alpha value is -2.45. The molecule has 0 saturated carbocycles. The number of carbonyl (C=O) groups is 2. The van der Waals surface area contributed by atoms with E-state index in [4.69, 9.17) is 9.84 Å². The van der Waals surface area contributed by atoms with E-state index in [-0.39, 0.29) is 18.8 Å². The predicted molar refractivity (Wildman–Crippen MR) is 86.4 cm³/mol. The van der Waals surface area contributed by atoms with Gasteiger partial charge in [0.2, 0.25) is 0 Å². The number of hydrogen-bond donors (Lipinski definition) is 2. The summed E-state index contributed by atoms with van der Waals surface area (Å²) < 4.78 is 6.29. The van der Waals surface area contributed by atoms with Crippen molar-refractivity contribution in [1.29, 1.82) is 0 Å². The molecule has 7 nitrogen and oxygen atoms in total. The quantitative estimate of drug-likeness (QED) is 0.801. The van der Waals surface area contributed by atoms with Crippen LogP contribution in [0.5, 0.6) is 5.75 Å². The van der Waals surface area contributed by atoms with Gasteiger partial charge in [0.15, 0.2) is 0 Å². The van der Waals surface area contributed by atoms with E-state index in [0.717, 1.165) is 20.1 Å². The number of benzene rings is 1. The van der Waals surface area contributed by atoms with Crippen LogP contribution in [0.3, 0.4) is 0 Å². The first-order valence-electron chi connectivity index (χ1n) is 6.94. The summed E-state index contributed by atoms with van der Waals surface area (Å²) in [7, 11) is 1.53. The number of aryl methyl sites for hydroxylation is 1. The van der Waals surface area contributed by atoms with Crippen molar-refractivity contribution < 1.29 is 19.4 Å². The van der Waals surface area contributed by atoms with Crippen LogP contribution in [-0.4, -0.2) is 47.1 Å². The number of thiazole rings is 1. The summed E-state index contributed by atoms with van der Waals surface area (Å²) in [6.07, 6.45) is 1.22. The molecule has 1 aromatic carbocycles. The van der Waals surface area contributed by atoms with Gasteiger partial charge >= 0.3 is 0 Å². The molecule has 23 heavy (non-hydrogen) atoms. The second-order valence-electron chi connectivity index (χ2n) is 4.95. The molecule has 1 aliphatic heterocycles. The summed E-state index contributed by atoms with van der Waals surface area (Å²) in [5.74, 6) is -0.378. The second-order valence-corrected chi connectivity index (χ2v) is 6.19. The van der Waals surface area contributed by atoms with Gasteiger partial charge in [0.1, 0.15) is 11.4 Å². The number of hydrogen-bond acceptors (Lipinski definition) is 7. The molecule has 8 heteroatoms. The molecule has 2 heterocycles. The van der Waals surface area contributed by atoms with Gasteiger partial charge in [-0.05, 0) is 13.0 Å². The third kappa shape index (κ3) is 2.78. The minimum atomic E-state index is -0.466. The van der Waals surface area contributed by atoms with E-state index in [0.29, 0.717) is 11.4 Å². The first-order chi connectivity index (χ1) is 11.0. The van der Waals surface area contributed by atoms with Crippen molar-refractivity contribution in [2.45, 2.75) is 6.92 Å². The largest absolute Gasteiger partial charge is 0.494 e. The van der Waals surface area contributed by atoms with Crippen LogP contribution in [-0.2, 0) is 9.59 Å². The zero-order valence-corrected chi connectivity index (χ0v) is 13.4. The maximum absolute atomic E-state index is 12.2. The summed E-state index contributed by atoms with van der Waals surface area (Å²) in [5, 5.41) is 12.8. The highest BCUT2D eigenvalue weighted by atomic mass is 32.1. The molecule has 0 unspecified atom stereocenters. The number of fused-ring (bicyclic) bond motifs is 1. The molecule has 2 aromatic rings. The van der Waals surface area contributed by atoms with Crippen LogP contribution in [0.4, 0.5) is 5.69 Å². The number of nitrogens with one attached hydrogen (secondary N) is 1. The first kappa shape index (κ1) is 15.4. The molecule has 1 aromatic heterocycles. The summed E-state index contributed by atoms with van der Waals surface area (Å²) in [5.41, 5.74) is 1.56. The number of methoxy groups -OCH3 is 1. The highest BCUT2D eigenvalue weighted by molar-refractivity contribution is 7.18. The molecule has 2 N–H and O–H groups in total. The van der Waals surface area contributed by atoms with E-state index in [1.807, 2.05) is 13.0 Å². The van der Waals surface area contributed by atoms with Gasteiger partial charge in [-0.15, -0.1) is 11.3 Å². The van der Waals surface area contributed by atoms with Gasteiger partial charge in [0.05, 0.1) is 41.2 Å². The van der Waals surface area contributed by atoms with E-state index in [2.05, 4.69) is 10.3 Å². The molecule has 1 aliphatic rings. The Balaban J connectivity index is 1.93. The first-order valence-corrected chi connectivity index (χ1v) is 7.75. The van der Waals surface area contributed by atoms with Crippen LogP contribution in [0.2, 0.25) is 0 Å². The summed E-state index contributed by atoms with van der Waals surface area (Å²) in [4.78, 5) is 29.4. The maximum atomic E-state index is 12.2. The topological polar surface area (TPSA) is 91.8 Å². The Morgan fingerprint density at radius 1 is 1.39 bits per heavy atom. The average molecular weight is 333 g/mol. The zero-order valence-electron chi connectivity index (χ0n) is 12.6. The summed E-state index contributed by atoms with van der Waals surface area (Å²) in [6.45, 7) is 1.62. The molecular weight excluding hydrogens is 318 g/mol. The Bertz CT molecular complexity index is 827. The second kappa shape index (κ2) is 5.98. The molecule has 0 fully saturated rings. The molecule has 3 rings (SSSR count). The van der Waals surface area contributed by atoms with Crippen molar-refractivity contribution in [2.24, 2.45) is 0 Å². The summed E-state index contributed by atoms with van der Waals surface area (Å²) in [6, 6.07) is 3.63. The molecule has 2 amide bonds. The highest BCUT2D eigenvalue weighted by Crippen LogP contribution is 2.34. The Morgan fingerprint density at radius 2 is 2.17 bits per heavy atom. The lowest BCUT2D eigenvalue weighted by molar-refractivity contribution is -0.137. The number of carbonyl (C=O) groups excluding carboxylic acids is 2. The SMILES string of the molecule is COc1cc2nc(C)sc2cc1NC1=CC(=O)N(CCO)C1=O. The molecule has 0 atom stereocenters. The van der Waals surface area contributed by atoms with Crippen LogP contribution in [0.15, 0.2) is 23.9 Å². The van der Waals surface area contributed by atoms with Crippen LogP contribution >= 0.6 is 11.3 Å². The molecule has 0 spiro atoms. The number of aliphatic hydroxyl groups is 1. The third-order valence-electron chi connectivity index (χ3n) is 3.42. The van der Waals surface area contributed by atoms with E-state index in [1.54, 1.807) is 6.07 Å². The number of rotatable bonds is 5. The number of amides is 2. The molecule has 0 radical (unpaired) electrons. The Labute approximate surface area is 136 Å². The van der Waals surface area contributed by atoms with Crippen LogP contribution in [0, 0.1) is 6.92 Å². The van der Waals surface area contributed by atoms with Gasteiger partial charge in [0.25, 0.3) is 11.8 Å². The smallest absolute Gasteiger partial charge is 0.277 e. The standard InChI is InChI=1S/C15H15N3O4S/c1-8-16-10-5-12(22-2)9(6-13(10)23-8)17-11-7-14(20)18(3-4-19)15(11)21/h5-7,17,19H,3-4H2,1-2H3. The van der Waals surface area contributed by atoms with Gasteiger partial charge < -0.3 is 15.2 Å². The third-order valence-corrected chi connectivity index (χ3v) is 4.35. The number of aliphatic hydroxyl groups excluding tert-OH is 1. The van der Waals surface area contributed by atoms with Crippen LogP contribution in [0.1, 0.15) is 5.01 Å². The molecule has 0 bridgehead atoms. The number of nitrogens with zero attached hydrogens (tertiary/aromatic N) is 2. The van der Waals surface area contributed by atoms with Gasteiger partial charge in [-0.2, -0.15) is 0 Å². The maximum Gasteiger partial charge on any atom is 0.277 e. The minimum Gasteiger partial charge on any atom is -0.494 e. The molecular formula is C15H15N3O4S. The van der Waals surface area contributed by atoms with Crippen molar-refractivity contribution in [2.75, 3.05) is 25.6 Å². The zero-order chi connectivity index (χ0) is 16.6. The fourth-order valence-corrected chi connectivity index (χ4v) is 3.24. The van der Waals surface area contributed by atoms with Crippen molar-refractivity contribution in [3.05, 3.63) is 28.9 Å². The number of anilines is 1. The fraction of sp³-hybridized carbons (Fsp3) is 0.267. The lowest BCUT2D eigenvalue weighted by atomic mass is 10.2. The van der Waals surface area contributed by atoms with E-state index in [9.17, 15) is 9.59 Å². The van der Waals surface area contributed by atoms with Crippen LogP contribution < -0.4 is 10.1 Å². The van der Waals surface area contributed by atoms with Gasteiger partial charge in [0, 0.05) is 12.1 Å². The number of ether oxygens (including phenoxy) is 1. The van der Waals surface area contributed by atoms with Crippen molar-refractivity contribution >= 4 is 39.1 Å². The van der Waals surface area contributed by atoms with E-state index in [1.165, 1.54) is 24.5 Å². The number of imide groups is 1. The monoisotopic (exact) mass is 333 g/mol. The van der Waals surface area contributed by atoms with Gasteiger partial charge in [-0.25, -0.2) is 4.98 Å². The lowest BCUT2D eigenvalue weighted by Crippen LogP contribution is -2.34. The van der Waals surface area contributed by atoms with E-state index >= 15 is 0 Å². The van der Waals surface area contributed by atoms with Crippen molar-refractivity contribution in [1.82, 2.24) is 9.88 Å². The van der Waals surface area contributed by atoms with Gasteiger partial charge in [-0.3, -0.25) is 14.5 Å². The molecule has 120 valence electrons. The number of aromatic nitrogens is 1. The normalized spacial score (nSPS) is 14.6. The predicted octanol–water partition coefficient (Wildman–Crippen LogP) is 1.27.